The molecular formula is C23H26N4O2. The van der Waals surface area contributed by atoms with Crippen LogP contribution in [0.5, 0.6) is 11.5 Å². The van der Waals surface area contributed by atoms with E-state index in [1.807, 2.05) is 36.4 Å². The van der Waals surface area contributed by atoms with Gasteiger partial charge in [-0.25, -0.2) is 5.43 Å². The molecule has 150 valence electrons. The summed E-state index contributed by atoms with van der Waals surface area (Å²) in [4.78, 5) is 4.45. The lowest BCUT2D eigenvalue weighted by Crippen LogP contribution is -2.39. The highest BCUT2D eigenvalue weighted by Crippen LogP contribution is 2.34. The number of allylic oxidation sites excluding steroid dienone is 1. The van der Waals surface area contributed by atoms with Crippen LogP contribution in [0.2, 0.25) is 0 Å². The Hall–Kier alpha value is -3.28. The Bertz CT molecular complexity index is 949. The van der Waals surface area contributed by atoms with E-state index in [-0.39, 0.29) is 12.7 Å². The number of hydrogen-bond acceptors (Lipinski definition) is 6. The van der Waals surface area contributed by atoms with E-state index in [2.05, 4.69) is 47.8 Å². The monoisotopic (exact) mass is 390 g/mol. The molecule has 0 bridgehead atoms. The van der Waals surface area contributed by atoms with Gasteiger partial charge in [0.25, 0.3) is 0 Å². The van der Waals surface area contributed by atoms with Gasteiger partial charge in [-0.15, -0.1) is 0 Å². The summed E-state index contributed by atoms with van der Waals surface area (Å²) in [7, 11) is 0. The number of hydrogen-bond donors (Lipinski definition) is 2. The summed E-state index contributed by atoms with van der Waals surface area (Å²) >= 11 is 0. The molecule has 2 aromatic carbocycles. The van der Waals surface area contributed by atoms with Crippen molar-refractivity contribution in [2.24, 2.45) is 16.0 Å². The smallest absolute Gasteiger partial charge is 0.231 e. The molecule has 0 unspecified atom stereocenters. The molecule has 0 spiro atoms. The lowest BCUT2D eigenvalue weighted by atomic mass is 9.92. The summed E-state index contributed by atoms with van der Waals surface area (Å²) in [5.41, 5.74) is 7.29. The zero-order valence-electron chi connectivity index (χ0n) is 16.8. The van der Waals surface area contributed by atoms with E-state index in [0.717, 1.165) is 59.4 Å². The van der Waals surface area contributed by atoms with Gasteiger partial charge in [-0.05, 0) is 41.7 Å². The van der Waals surface area contributed by atoms with Gasteiger partial charge in [-0.2, -0.15) is 5.10 Å². The predicted octanol–water partition coefficient (Wildman–Crippen LogP) is 3.91. The molecule has 0 aromatic heterocycles. The molecule has 2 aliphatic heterocycles. The van der Waals surface area contributed by atoms with E-state index in [1.165, 1.54) is 0 Å². The zero-order valence-corrected chi connectivity index (χ0v) is 16.8. The summed E-state index contributed by atoms with van der Waals surface area (Å²) in [5, 5.41) is 7.99. The van der Waals surface area contributed by atoms with Crippen molar-refractivity contribution < 1.29 is 9.47 Å². The van der Waals surface area contributed by atoms with Crippen LogP contribution in [0, 0.1) is 5.92 Å². The molecule has 0 saturated carbocycles. The van der Waals surface area contributed by atoms with Gasteiger partial charge in [0.1, 0.15) is 0 Å². The number of aliphatic imine (C=N–C) groups is 1. The summed E-state index contributed by atoms with van der Waals surface area (Å²) in [5.74, 6) is 2.49. The Kier molecular flexibility index (Phi) is 5.79. The molecule has 6 heteroatoms. The molecule has 6 nitrogen and oxygen atoms in total. The lowest BCUT2D eigenvalue weighted by Gasteiger charge is -2.18. The molecule has 0 amide bonds. The Labute approximate surface area is 171 Å². The van der Waals surface area contributed by atoms with E-state index in [9.17, 15) is 0 Å². The highest BCUT2D eigenvalue weighted by Gasteiger charge is 2.17. The average Bonchev–Trinajstić information content (AvgIpc) is 3.22. The van der Waals surface area contributed by atoms with E-state index < -0.39 is 0 Å². The second-order valence-corrected chi connectivity index (χ2v) is 7.31. The van der Waals surface area contributed by atoms with Gasteiger partial charge in [0.2, 0.25) is 12.8 Å². The molecule has 2 aliphatic rings. The second-order valence-electron chi connectivity index (χ2n) is 7.31. The number of hydrazone groups is 1. The van der Waals surface area contributed by atoms with E-state index in [0.29, 0.717) is 0 Å². The standard InChI is InChI=1S/C23H26N4O2/c1-16(2)22(26-27-23-24-11-6-12-25-23)19(18-7-4-3-5-8-18)13-17-9-10-20-21(14-17)29-15-28-20/h3-5,7-10,13-14,16H,6,11-12,15H2,1-2H3,(H2,24,25,27)/b19-13-,26-22+. The maximum absolute atomic E-state index is 5.54. The van der Waals surface area contributed by atoms with E-state index in [1.54, 1.807) is 0 Å². The van der Waals surface area contributed by atoms with Crippen LogP contribution in [0.1, 0.15) is 31.4 Å². The minimum atomic E-state index is 0.215. The van der Waals surface area contributed by atoms with Crippen molar-refractivity contribution in [1.82, 2.24) is 10.7 Å². The van der Waals surface area contributed by atoms with Crippen LogP contribution < -0.4 is 20.2 Å². The Balaban J connectivity index is 1.73. The minimum absolute atomic E-state index is 0.215. The van der Waals surface area contributed by atoms with Crippen LogP contribution in [0.3, 0.4) is 0 Å². The first-order valence-electron chi connectivity index (χ1n) is 10.00. The van der Waals surface area contributed by atoms with Gasteiger partial charge >= 0.3 is 0 Å². The molecule has 29 heavy (non-hydrogen) atoms. The van der Waals surface area contributed by atoms with Gasteiger partial charge in [0.15, 0.2) is 11.5 Å². The predicted molar refractivity (Wildman–Crippen MR) is 117 cm³/mol. The number of guanidine groups is 1. The number of rotatable bonds is 5. The van der Waals surface area contributed by atoms with Crippen molar-refractivity contribution in [2.75, 3.05) is 19.9 Å². The van der Waals surface area contributed by atoms with Crippen molar-refractivity contribution in [3.8, 4) is 11.5 Å². The molecule has 0 atom stereocenters. The van der Waals surface area contributed by atoms with Crippen molar-refractivity contribution in [2.45, 2.75) is 20.3 Å². The van der Waals surface area contributed by atoms with Gasteiger partial charge in [-0.3, -0.25) is 4.99 Å². The van der Waals surface area contributed by atoms with Crippen LogP contribution in [0.25, 0.3) is 11.6 Å². The Morgan fingerprint density at radius 2 is 1.97 bits per heavy atom. The molecule has 0 saturated heterocycles. The first-order valence-corrected chi connectivity index (χ1v) is 10.00. The molecule has 2 aromatic rings. The van der Waals surface area contributed by atoms with Gasteiger partial charge in [-0.1, -0.05) is 50.2 Å². The number of nitrogens with zero attached hydrogens (tertiary/aromatic N) is 2. The zero-order chi connectivity index (χ0) is 20.1. The van der Waals surface area contributed by atoms with Gasteiger partial charge in [0.05, 0.1) is 5.71 Å². The molecule has 0 fully saturated rings. The van der Waals surface area contributed by atoms with Crippen LogP contribution in [0.15, 0.2) is 58.6 Å². The van der Waals surface area contributed by atoms with Gasteiger partial charge in [0, 0.05) is 18.7 Å². The largest absolute Gasteiger partial charge is 0.454 e. The van der Waals surface area contributed by atoms with E-state index >= 15 is 0 Å². The molecule has 2 heterocycles. The molecular weight excluding hydrogens is 364 g/mol. The summed E-state index contributed by atoms with van der Waals surface area (Å²) < 4.78 is 11.0. The minimum Gasteiger partial charge on any atom is -0.454 e. The molecule has 0 aliphatic carbocycles. The topological polar surface area (TPSA) is 67.2 Å². The fraction of sp³-hybridized carbons (Fsp3) is 0.304. The van der Waals surface area contributed by atoms with Crippen LogP contribution in [-0.4, -0.2) is 31.6 Å². The number of fused-ring (bicyclic) bond motifs is 1. The maximum atomic E-state index is 5.54. The van der Waals surface area contributed by atoms with Crippen LogP contribution in [-0.2, 0) is 0 Å². The summed E-state index contributed by atoms with van der Waals surface area (Å²) in [6.07, 6.45) is 3.19. The first-order chi connectivity index (χ1) is 14.2. The fourth-order valence-corrected chi connectivity index (χ4v) is 3.31. The molecule has 4 rings (SSSR count). The number of nitrogens with one attached hydrogen (secondary N) is 2. The Morgan fingerprint density at radius 1 is 1.14 bits per heavy atom. The quantitative estimate of drug-likeness (QED) is 0.462. The highest BCUT2D eigenvalue weighted by atomic mass is 16.7. The SMILES string of the molecule is CC(C)C(=N\NC1=NCCCN1)/C(=C\c1ccc2c(c1)OCO2)c1ccccc1. The molecule has 2 N–H and O–H groups in total. The summed E-state index contributed by atoms with van der Waals surface area (Å²) in [6.45, 7) is 6.29. The third-order valence-corrected chi connectivity index (χ3v) is 4.79. The van der Waals surface area contributed by atoms with E-state index in [4.69, 9.17) is 14.6 Å². The van der Waals surface area contributed by atoms with Crippen molar-refractivity contribution >= 4 is 23.3 Å². The maximum Gasteiger partial charge on any atom is 0.231 e. The third-order valence-electron chi connectivity index (χ3n) is 4.79. The summed E-state index contributed by atoms with van der Waals surface area (Å²) in [6, 6.07) is 16.3. The van der Waals surface area contributed by atoms with Crippen LogP contribution in [0.4, 0.5) is 0 Å². The first kappa shape index (κ1) is 19.1. The second kappa shape index (κ2) is 8.82. The highest BCUT2D eigenvalue weighted by molar-refractivity contribution is 6.28. The molecule has 0 radical (unpaired) electrons. The normalized spacial score (nSPS) is 16.4. The van der Waals surface area contributed by atoms with Gasteiger partial charge < -0.3 is 14.8 Å². The average molecular weight is 390 g/mol. The lowest BCUT2D eigenvalue weighted by molar-refractivity contribution is 0.174. The van der Waals surface area contributed by atoms with Crippen molar-refractivity contribution in [3.63, 3.8) is 0 Å². The van der Waals surface area contributed by atoms with Crippen LogP contribution >= 0.6 is 0 Å². The van der Waals surface area contributed by atoms with Crippen molar-refractivity contribution in [3.05, 3.63) is 59.7 Å². The third kappa shape index (κ3) is 4.59. The number of ether oxygens (including phenoxy) is 2. The number of benzene rings is 2. The Morgan fingerprint density at radius 3 is 2.72 bits per heavy atom. The van der Waals surface area contributed by atoms with Crippen molar-refractivity contribution in [1.29, 1.82) is 0 Å². The fourth-order valence-electron chi connectivity index (χ4n) is 3.31.